The predicted molar refractivity (Wildman–Crippen MR) is 67.7 cm³/mol. The SMILES string of the molecule is CNC(=O)CCN1CCC(CN)(COC)CC1. The first-order valence-corrected chi connectivity index (χ1v) is 6.28. The van der Waals surface area contributed by atoms with Crippen LogP contribution in [0.4, 0.5) is 0 Å². The van der Waals surface area contributed by atoms with Crippen LogP contribution in [0.1, 0.15) is 19.3 Å². The van der Waals surface area contributed by atoms with Crippen molar-refractivity contribution in [3.05, 3.63) is 0 Å². The summed E-state index contributed by atoms with van der Waals surface area (Å²) < 4.78 is 5.26. The average Bonchev–Trinajstić information content (AvgIpc) is 2.38. The molecule has 1 rings (SSSR count). The van der Waals surface area contributed by atoms with Gasteiger partial charge in [0.05, 0.1) is 6.61 Å². The van der Waals surface area contributed by atoms with Crippen LogP contribution in [0.25, 0.3) is 0 Å². The number of nitrogens with one attached hydrogen (secondary N) is 1. The number of carbonyl (C=O) groups is 1. The summed E-state index contributed by atoms with van der Waals surface area (Å²) in [6, 6.07) is 0. The molecule has 1 aliphatic rings. The summed E-state index contributed by atoms with van der Waals surface area (Å²) in [4.78, 5) is 13.5. The zero-order valence-corrected chi connectivity index (χ0v) is 11.0. The molecule has 17 heavy (non-hydrogen) atoms. The highest BCUT2D eigenvalue weighted by Gasteiger charge is 2.33. The highest BCUT2D eigenvalue weighted by atomic mass is 16.5. The van der Waals surface area contributed by atoms with Crippen LogP contribution in [0.5, 0.6) is 0 Å². The molecule has 5 nitrogen and oxygen atoms in total. The molecular weight excluding hydrogens is 218 g/mol. The zero-order chi connectivity index (χ0) is 12.7. The second-order valence-electron chi connectivity index (χ2n) is 4.90. The fourth-order valence-electron chi connectivity index (χ4n) is 2.35. The minimum Gasteiger partial charge on any atom is -0.384 e. The van der Waals surface area contributed by atoms with Crippen molar-refractivity contribution in [1.29, 1.82) is 0 Å². The van der Waals surface area contributed by atoms with E-state index in [1.54, 1.807) is 14.2 Å². The summed E-state index contributed by atoms with van der Waals surface area (Å²) in [7, 11) is 3.41. The molecule has 100 valence electrons. The van der Waals surface area contributed by atoms with Crippen molar-refractivity contribution in [1.82, 2.24) is 10.2 Å². The first-order valence-electron chi connectivity index (χ1n) is 6.28. The lowest BCUT2D eigenvalue weighted by molar-refractivity contribution is -0.121. The number of carbonyl (C=O) groups excluding carboxylic acids is 1. The number of hydrogen-bond acceptors (Lipinski definition) is 4. The summed E-state index contributed by atoms with van der Waals surface area (Å²) in [6.07, 6.45) is 2.70. The van der Waals surface area contributed by atoms with Crippen molar-refractivity contribution < 1.29 is 9.53 Å². The van der Waals surface area contributed by atoms with Gasteiger partial charge in [-0.05, 0) is 25.9 Å². The Kier molecular flexibility index (Phi) is 5.88. The smallest absolute Gasteiger partial charge is 0.221 e. The molecule has 0 spiro atoms. The average molecular weight is 243 g/mol. The molecule has 1 saturated heterocycles. The highest BCUT2D eigenvalue weighted by Crippen LogP contribution is 2.30. The normalized spacial score (nSPS) is 20.2. The largest absolute Gasteiger partial charge is 0.384 e. The molecule has 1 heterocycles. The molecule has 3 N–H and O–H groups in total. The van der Waals surface area contributed by atoms with E-state index < -0.39 is 0 Å². The van der Waals surface area contributed by atoms with Gasteiger partial charge < -0.3 is 20.7 Å². The summed E-state index contributed by atoms with van der Waals surface area (Å²) in [5, 5.41) is 2.65. The van der Waals surface area contributed by atoms with Crippen molar-refractivity contribution in [2.45, 2.75) is 19.3 Å². The fraction of sp³-hybridized carbons (Fsp3) is 0.917. The lowest BCUT2D eigenvalue weighted by Gasteiger charge is -2.40. The third-order valence-electron chi connectivity index (χ3n) is 3.73. The second-order valence-corrected chi connectivity index (χ2v) is 4.90. The van der Waals surface area contributed by atoms with E-state index in [4.69, 9.17) is 10.5 Å². The Hall–Kier alpha value is -0.650. The molecule has 1 amide bonds. The van der Waals surface area contributed by atoms with Crippen LogP contribution in [-0.2, 0) is 9.53 Å². The molecule has 0 aromatic carbocycles. The summed E-state index contributed by atoms with van der Waals surface area (Å²) in [6.45, 7) is 4.29. The fourth-order valence-corrected chi connectivity index (χ4v) is 2.35. The van der Waals surface area contributed by atoms with Crippen LogP contribution in [0, 0.1) is 5.41 Å². The van der Waals surface area contributed by atoms with Crippen LogP contribution in [0.15, 0.2) is 0 Å². The van der Waals surface area contributed by atoms with Gasteiger partial charge in [0.25, 0.3) is 0 Å². The van der Waals surface area contributed by atoms with Crippen molar-refractivity contribution in [3.63, 3.8) is 0 Å². The lowest BCUT2D eigenvalue weighted by Crippen LogP contribution is -2.46. The first-order chi connectivity index (χ1) is 8.15. The number of rotatable bonds is 6. The molecule has 0 atom stereocenters. The molecule has 1 aliphatic heterocycles. The van der Waals surface area contributed by atoms with E-state index in [1.807, 2.05) is 0 Å². The Morgan fingerprint density at radius 3 is 2.59 bits per heavy atom. The molecule has 0 aromatic heterocycles. The number of ether oxygens (including phenoxy) is 1. The number of likely N-dealkylation sites (tertiary alicyclic amines) is 1. The molecule has 0 unspecified atom stereocenters. The second kappa shape index (κ2) is 6.93. The van der Waals surface area contributed by atoms with Crippen molar-refractivity contribution in [2.24, 2.45) is 11.1 Å². The maximum Gasteiger partial charge on any atom is 0.221 e. The van der Waals surface area contributed by atoms with E-state index in [1.165, 1.54) is 0 Å². The van der Waals surface area contributed by atoms with Crippen LogP contribution in [0.3, 0.4) is 0 Å². The third kappa shape index (κ3) is 4.26. The number of hydrogen-bond donors (Lipinski definition) is 2. The summed E-state index contributed by atoms with van der Waals surface area (Å²) >= 11 is 0. The Balaban J connectivity index is 2.31. The van der Waals surface area contributed by atoms with Gasteiger partial charge in [0.1, 0.15) is 0 Å². The standard InChI is InChI=1S/C12H25N3O2/c1-14-11(16)3-6-15-7-4-12(9-13,5-8-15)10-17-2/h3-10,13H2,1-2H3,(H,14,16). The van der Waals surface area contributed by atoms with E-state index in [0.29, 0.717) is 13.0 Å². The van der Waals surface area contributed by atoms with Crippen LogP contribution in [0.2, 0.25) is 0 Å². The van der Waals surface area contributed by atoms with Gasteiger partial charge >= 0.3 is 0 Å². The number of nitrogens with two attached hydrogens (primary N) is 1. The Bertz CT molecular complexity index is 238. The Morgan fingerprint density at radius 2 is 2.12 bits per heavy atom. The zero-order valence-electron chi connectivity index (χ0n) is 11.0. The van der Waals surface area contributed by atoms with Crippen LogP contribution >= 0.6 is 0 Å². The predicted octanol–water partition coefficient (Wildman–Crippen LogP) is -0.190. The number of nitrogens with zero attached hydrogens (tertiary/aromatic N) is 1. The molecule has 5 heteroatoms. The number of amides is 1. The van der Waals surface area contributed by atoms with Gasteiger partial charge in [0, 0.05) is 39.1 Å². The van der Waals surface area contributed by atoms with Crippen molar-refractivity contribution >= 4 is 5.91 Å². The lowest BCUT2D eigenvalue weighted by atomic mass is 9.79. The van der Waals surface area contributed by atoms with E-state index in [2.05, 4.69) is 10.2 Å². The first kappa shape index (κ1) is 14.4. The van der Waals surface area contributed by atoms with Crippen LogP contribution < -0.4 is 11.1 Å². The van der Waals surface area contributed by atoms with Gasteiger partial charge in [-0.3, -0.25) is 4.79 Å². The third-order valence-corrected chi connectivity index (χ3v) is 3.73. The monoisotopic (exact) mass is 243 g/mol. The molecule has 0 saturated carbocycles. The van der Waals surface area contributed by atoms with E-state index >= 15 is 0 Å². The maximum atomic E-state index is 11.2. The quantitative estimate of drug-likeness (QED) is 0.678. The van der Waals surface area contributed by atoms with E-state index in [-0.39, 0.29) is 11.3 Å². The summed E-state index contributed by atoms with van der Waals surface area (Å²) in [5.74, 6) is 0.109. The number of methoxy groups -OCH3 is 1. The van der Waals surface area contributed by atoms with Crippen LogP contribution in [-0.4, -0.2) is 57.8 Å². The van der Waals surface area contributed by atoms with Gasteiger partial charge in [-0.1, -0.05) is 0 Å². The Morgan fingerprint density at radius 1 is 1.47 bits per heavy atom. The van der Waals surface area contributed by atoms with Gasteiger partial charge in [-0.2, -0.15) is 0 Å². The van der Waals surface area contributed by atoms with Gasteiger partial charge in [0.2, 0.25) is 5.91 Å². The van der Waals surface area contributed by atoms with E-state index in [0.717, 1.165) is 39.1 Å². The van der Waals surface area contributed by atoms with Crippen molar-refractivity contribution in [3.8, 4) is 0 Å². The molecule has 1 fully saturated rings. The number of piperidine rings is 1. The molecule has 0 aliphatic carbocycles. The maximum absolute atomic E-state index is 11.2. The molecular formula is C12H25N3O2. The minimum absolute atomic E-state index is 0.109. The molecule has 0 radical (unpaired) electrons. The topological polar surface area (TPSA) is 67.6 Å². The summed E-state index contributed by atoms with van der Waals surface area (Å²) in [5.41, 5.74) is 6.00. The van der Waals surface area contributed by atoms with E-state index in [9.17, 15) is 4.79 Å². The van der Waals surface area contributed by atoms with Gasteiger partial charge in [0.15, 0.2) is 0 Å². The van der Waals surface area contributed by atoms with Gasteiger partial charge in [-0.25, -0.2) is 0 Å². The Labute approximate surface area is 104 Å². The minimum atomic E-state index is 0.109. The molecule has 0 aromatic rings. The highest BCUT2D eigenvalue weighted by molar-refractivity contribution is 5.75. The molecule has 0 bridgehead atoms. The van der Waals surface area contributed by atoms with Crippen molar-refractivity contribution in [2.75, 3.05) is 46.9 Å². The van der Waals surface area contributed by atoms with Gasteiger partial charge in [-0.15, -0.1) is 0 Å².